The van der Waals surface area contributed by atoms with Crippen LogP contribution >= 0.6 is 34.0 Å². The molecule has 23 heavy (non-hydrogen) atoms. The van der Waals surface area contributed by atoms with Crippen LogP contribution < -0.4 is 4.80 Å². The lowest BCUT2D eigenvalue weighted by Crippen LogP contribution is -2.12. The highest BCUT2D eigenvalue weighted by Gasteiger charge is 2.08. The van der Waals surface area contributed by atoms with Gasteiger partial charge < -0.3 is 0 Å². The Morgan fingerprint density at radius 2 is 2.13 bits per heavy atom. The predicted octanol–water partition coefficient (Wildman–Crippen LogP) is 5.01. The van der Waals surface area contributed by atoms with Crippen LogP contribution in [0.1, 0.15) is 17.4 Å². The standard InChI is InChI=1S/C17H17N3S3/c1-12(2)9-18-17-20(19-10-16-13(3)6-8-22-16)14(11-23-17)15-5-4-7-21-15/h4-8,10-11H,1,9H2,2-3H3. The van der Waals surface area contributed by atoms with Crippen molar-refractivity contribution in [2.75, 3.05) is 6.54 Å². The van der Waals surface area contributed by atoms with Gasteiger partial charge in [0.2, 0.25) is 4.80 Å². The second kappa shape index (κ2) is 7.21. The Kier molecular flexibility index (Phi) is 5.05. The first-order valence-electron chi connectivity index (χ1n) is 7.13. The van der Waals surface area contributed by atoms with Crippen molar-refractivity contribution in [3.63, 3.8) is 0 Å². The summed E-state index contributed by atoms with van der Waals surface area (Å²) in [6, 6.07) is 6.27. The van der Waals surface area contributed by atoms with E-state index >= 15 is 0 Å². The van der Waals surface area contributed by atoms with E-state index in [9.17, 15) is 0 Å². The van der Waals surface area contributed by atoms with E-state index in [-0.39, 0.29) is 0 Å². The molecule has 3 aromatic heterocycles. The van der Waals surface area contributed by atoms with E-state index in [1.54, 1.807) is 34.0 Å². The highest BCUT2D eigenvalue weighted by Crippen LogP contribution is 2.25. The highest BCUT2D eigenvalue weighted by atomic mass is 32.1. The van der Waals surface area contributed by atoms with E-state index in [1.807, 2.05) is 17.8 Å². The van der Waals surface area contributed by atoms with Gasteiger partial charge in [0.1, 0.15) is 0 Å². The topological polar surface area (TPSA) is 29.6 Å². The van der Waals surface area contributed by atoms with Crippen molar-refractivity contribution in [3.05, 3.63) is 61.7 Å². The van der Waals surface area contributed by atoms with E-state index in [0.29, 0.717) is 6.54 Å². The van der Waals surface area contributed by atoms with Gasteiger partial charge in [-0.05, 0) is 42.3 Å². The molecule has 0 saturated heterocycles. The van der Waals surface area contributed by atoms with Crippen LogP contribution in [0.3, 0.4) is 0 Å². The summed E-state index contributed by atoms with van der Waals surface area (Å²) >= 11 is 5.02. The smallest absolute Gasteiger partial charge is 0.206 e. The van der Waals surface area contributed by atoms with E-state index in [0.717, 1.165) is 16.1 Å². The van der Waals surface area contributed by atoms with Crippen LogP contribution in [0.15, 0.2) is 56.6 Å². The van der Waals surface area contributed by atoms with E-state index < -0.39 is 0 Å². The normalized spacial score (nSPS) is 12.3. The molecular weight excluding hydrogens is 342 g/mol. The molecule has 0 unspecified atom stereocenters. The Bertz CT molecular complexity index is 892. The number of aromatic nitrogens is 1. The molecule has 6 heteroatoms. The molecule has 0 aliphatic carbocycles. The van der Waals surface area contributed by atoms with Crippen molar-refractivity contribution in [2.24, 2.45) is 10.1 Å². The lowest BCUT2D eigenvalue weighted by atomic mass is 10.3. The minimum absolute atomic E-state index is 0.623. The number of aryl methyl sites for hydroxylation is 1. The molecule has 3 nitrogen and oxygen atoms in total. The number of nitrogens with zero attached hydrogens (tertiary/aromatic N) is 3. The molecule has 0 aliphatic heterocycles. The molecule has 0 atom stereocenters. The Morgan fingerprint density at radius 3 is 2.78 bits per heavy atom. The lowest BCUT2D eigenvalue weighted by molar-refractivity contribution is 0.838. The largest absolute Gasteiger partial charge is 0.253 e. The first-order valence-corrected chi connectivity index (χ1v) is 9.77. The molecule has 0 radical (unpaired) electrons. The summed E-state index contributed by atoms with van der Waals surface area (Å²) in [5.41, 5.74) is 3.37. The molecule has 0 aliphatic rings. The van der Waals surface area contributed by atoms with Crippen LogP contribution in [0.4, 0.5) is 0 Å². The van der Waals surface area contributed by atoms with Crippen LogP contribution in [-0.2, 0) is 0 Å². The average Bonchev–Trinajstić information content (AvgIpc) is 3.23. The Morgan fingerprint density at radius 1 is 1.26 bits per heavy atom. The van der Waals surface area contributed by atoms with Gasteiger partial charge >= 0.3 is 0 Å². The summed E-state index contributed by atoms with van der Waals surface area (Å²) < 4.78 is 1.93. The first kappa shape index (κ1) is 16.1. The van der Waals surface area contributed by atoms with Gasteiger partial charge in [0.25, 0.3) is 0 Å². The van der Waals surface area contributed by atoms with Crippen molar-refractivity contribution in [2.45, 2.75) is 13.8 Å². The summed E-state index contributed by atoms with van der Waals surface area (Å²) in [6.07, 6.45) is 1.92. The van der Waals surface area contributed by atoms with Crippen LogP contribution in [0.5, 0.6) is 0 Å². The Balaban J connectivity index is 2.06. The minimum atomic E-state index is 0.623. The summed E-state index contributed by atoms with van der Waals surface area (Å²) in [5.74, 6) is 0. The quantitative estimate of drug-likeness (QED) is 0.453. The molecule has 0 saturated carbocycles. The van der Waals surface area contributed by atoms with E-state index in [4.69, 9.17) is 5.10 Å². The summed E-state index contributed by atoms with van der Waals surface area (Å²) in [6.45, 7) is 8.63. The fraction of sp³-hybridized carbons (Fsp3) is 0.176. The molecule has 0 fully saturated rings. The van der Waals surface area contributed by atoms with E-state index in [1.165, 1.54) is 15.3 Å². The van der Waals surface area contributed by atoms with E-state index in [2.05, 4.69) is 52.8 Å². The number of thiophene rings is 2. The maximum Gasteiger partial charge on any atom is 0.206 e. The third kappa shape index (κ3) is 3.77. The van der Waals surface area contributed by atoms with Gasteiger partial charge in [-0.1, -0.05) is 18.2 Å². The lowest BCUT2D eigenvalue weighted by Gasteiger charge is -2.01. The molecule has 3 aromatic rings. The average molecular weight is 360 g/mol. The zero-order valence-corrected chi connectivity index (χ0v) is 15.5. The zero-order valence-electron chi connectivity index (χ0n) is 13.0. The van der Waals surface area contributed by atoms with Crippen LogP contribution in [0, 0.1) is 6.92 Å². The summed E-state index contributed by atoms with van der Waals surface area (Å²) in [5, 5.41) is 11.0. The van der Waals surface area contributed by atoms with Crippen LogP contribution in [-0.4, -0.2) is 17.4 Å². The second-order valence-corrected chi connectivity index (χ2v) is 7.91. The molecule has 0 bridgehead atoms. The monoisotopic (exact) mass is 359 g/mol. The maximum atomic E-state index is 4.70. The third-order valence-corrected chi connectivity index (χ3v) is 5.84. The number of thiazole rings is 1. The van der Waals surface area contributed by atoms with Crippen molar-refractivity contribution in [1.29, 1.82) is 0 Å². The highest BCUT2D eigenvalue weighted by molar-refractivity contribution is 7.14. The predicted molar refractivity (Wildman–Crippen MR) is 103 cm³/mol. The molecule has 3 heterocycles. The zero-order chi connectivity index (χ0) is 16.2. The van der Waals surface area contributed by atoms with Gasteiger partial charge in [0.15, 0.2) is 0 Å². The van der Waals surface area contributed by atoms with Gasteiger partial charge in [-0.25, -0.2) is 4.68 Å². The third-order valence-electron chi connectivity index (χ3n) is 3.14. The van der Waals surface area contributed by atoms with Crippen molar-refractivity contribution in [3.8, 4) is 10.6 Å². The maximum absolute atomic E-state index is 4.70. The Hall–Kier alpha value is -1.76. The number of hydrogen-bond donors (Lipinski definition) is 0. The fourth-order valence-corrected chi connectivity index (χ4v) is 4.35. The molecular formula is C17H17N3S3. The van der Waals surface area contributed by atoms with Gasteiger partial charge in [0, 0.05) is 5.38 Å². The van der Waals surface area contributed by atoms with Crippen molar-refractivity contribution < 1.29 is 0 Å². The molecule has 3 rings (SSSR count). The van der Waals surface area contributed by atoms with Crippen LogP contribution in [0.2, 0.25) is 0 Å². The first-order chi connectivity index (χ1) is 11.1. The SMILES string of the molecule is C=C(C)CN=c1scc(-c2cccs2)n1N=Cc1sccc1C. The van der Waals surface area contributed by atoms with Gasteiger partial charge in [-0.3, -0.25) is 4.99 Å². The van der Waals surface area contributed by atoms with Gasteiger partial charge in [0.05, 0.1) is 28.2 Å². The van der Waals surface area contributed by atoms with Crippen molar-refractivity contribution in [1.82, 2.24) is 4.68 Å². The number of hydrogen-bond acceptors (Lipinski definition) is 5. The van der Waals surface area contributed by atoms with Gasteiger partial charge in [-0.15, -0.1) is 34.0 Å². The minimum Gasteiger partial charge on any atom is -0.253 e. The van der Waals surface area contributed by atoms with Crippen molar-refractivity contribution >= 4 is 40.2 Å². The fourth-order valence-electron chi connectivity index (χ4n) is 1.94. The molecule has 0 aromatic carbocycles. The Labute approximate surface area is 147 Å². The molecule has 0 amide bonds. The number of rotatable bonds is 5. The molecule has 118 valence electrons. The summed E-state index contributed by atoms with van der Waals surface area (Å²) in [7, 11) is 0. The summed E-state index contributed by atoms with van der Waals surface area (Å²) in [4.78, 5) is 7.89. The molecule has 0 N–H and O–H groups in total. The second-order valence-electron chi connectivity index (χ2n) is 5.18. The van der Waals surface area contributed by atoms with Crippen LogP contribution in [0.25, 0.3) is 10.6 Å². The molecule has 0 spiro atoms. The van der Waals surface area contributed by atoms with Gasteiger partial charge in [-0.2, -0.15) is 5.10 Å².